The van der Waals surface area contributed by atoms with Crippen LogP contribution in [0.25, 0.3) is 0 Å². The van der Waals surface area contributed by atoms with Crippen molar-refractivity contribution in [2.45, 2.75) is 25.8 Å². The molecular formula is C10H15FN2O4. The van der Waals surface area contributed by atoms with Crippen molar-refractivity contribution in [1.82, 2.24) is 9.55 Å². The molecule has 1 aromatic rings. The number of nitrogens with zero attached hydrogens (tertiary/aromatic N) is 1. The summed E-state index contributed by atoms with van der Waals surface area (Å²) in [5, 5.41) is 9.31. The summed E-state index contributed by atoms with van der Waals surface area (Å²) >= 11 is 0. The van der Waals surface area contributed by atoms with Crippen molar-refractivity contribution in [3.8, 4) is 5.88 Å². The van der Waals surface area contributed by atoms with Crippen molar-refractivity contribution in [2.75, 3.05) is 13.7 Å². The third kappa shape index (κ3) is 3.42. The Kier molecular flexibility index (Phi) is 4.89. The van der Waals surface area contributed by atoms with Crippen LogP contribution in [0, 0.1) is 5.82 Å². The van der Waals surface area contributed by atoms with E-state index >= 15 is 0 Å². The predicted molar refractivity (Wildman–Crippen MR) is 58.7 cm³/mol. The van der Waals surface area contributed by atoms with E-state index < -0.39 is 22.9 Å². The molecule has 0 unspecified atom stereocenters. The highest BCUT2D eigenvalue weighted by Crippen LogP contribution is 2.09. The number of methoxy groups -OCH3 is 1. The molecule has 0 saturated heterocycles. The second kappa shape index (κ2) is 6.19. The number of aromatic nitrogens is 2. The molecule has 1 aromatic heterocycles. The molecule has 0 spiro atoms. The molecule has 0 radical (unpaired) electrons. The van der Waals surface area contributed by atoms with Gasteiger partial charge in [-0.1, -0.05) is 0 Å². The molecular weight excluding hydrogens is 231 g/mol. The van der Waals surface area contributed by atoms with Gasteiger partial charge in [0.25, 0.3) is 5.56 Å². The second-order valence-corrected chi connectivity index (χ2v) is 3.60. The normalized spacial score (nSPS) is 10.7. The summed E-state index contributed by atoms with van der Waals surface area (Å²) in [4.78, 5) is 23.9. The molecule has 0 aliphatic rings. The number of aromatic hydroxyl groups is 1. The van der Waals surface area contributed by atoms with Gasteiger partial charge in [0.2, 0.25) is 11.7 Å². The van der Waals surface area contributed by atoms with E-state index in [4.69, 9.17) is 4.74 Å². The third-order valence-corrected chi connectivity index (χ3v) is 2.35. The van der Waals surface area contributed by atoms with Crippen LogP contribution in [0.5, 0.6) is 5.88 Å². The first-order valence-electron chi connectivity index (χ1n) is 5.28. The van der Waals surface area contributed by atoms with Crippen LogP contribution in [0.1, 0.15) is 19.3 Å². The maximum Gasteiger partial charge on any atom is 0.331 e. The molecule has 0 atom stereocenters. The topological polar surface area (TPSA) is 84.3 Å². The first kappa shape index (κ1) is 13.4. The van der Waals surface area contributed by atoms with Gasteiger partial charge >= 0.3 is 5.69 Å². The molecule has 1 rings (SSSR count). The summed E-state index contributed by atoms with van der Waals surface area (Å²) in [5.41, 5.74) is -2.01. The molecule has 0 fully saturated rings. The number of aromatic amines is 1. The summed E-state index contributed by atoms with van der Waals surface area (Å²) in [5.74, 6) is -2.24. The van der Waals surface area contributed by atoms with E-state index in [1.807, 2.05) is 0 Å². The van der Waals surface area contributed by atoms with E-state index in [-0.39, 0.29) is 6.54 Å². The predicted octanol–water partition coefficient (Wildman–Crippen LogP) is 0.198. The molecule has 2 N–H and O–H groups in total. The van der Waals surface area contributed by atoms with Crippen LogP contribution in [0.3, 0.4) is 0 Å². The van der Waals surface area contributed by atoms with Crippen molar-refractivity contribution in [3.63, 3.8) is 0 Å². The van der Waals surface area contributed by atoms with Crippen molar-refractivity contribution < 1.29 is 14.2 Å². The van der Waals surface area contributed by atoms with Crippen molar-refractivity contribution in [2.24, 2.45) is 0 Å². The Morgan fingerprint density at radius 3 is 2.71 bits per heavy atom. The second-order valence-electron chi connectivity index (χ2n) is 3.60. The Bertz CT molecular complexity index is 480. The fourth-order valence-electron chi connectivity index (χ4n) is 1.44. The van der Waals surface area contributed by atoms with Crippen LogP contribution in [0.15, 0.2) is 9.59 Å². The van der Waals surface area contributed by atoms with Crippen molar-refractivity contribution in [3.05, 3.63) is 26.7 Å². The maximum atomic E-state index is 13.0. The van der Waals surface area contributed by atoms with Gasteiger partial charge in [0.1, 0.15) is 0 Å². The maximum absolute atomic E-state index is 13.0. The largest absolute Gasteiger partial charge is 0.492 e. The zero-order valence-electron chi connectivity index (χ0n) is 9.53. The highest BCUT2D eigenvalue weighted by atomic mass is 19.1. The van der Waals surface area contributed by atoms with Crippen LogP contribution in [-0.4, -0.2) is 28.4 Å². The Hall–Kier alpha value is -1.63. The molecule has 0 amide bonds. The zero-order valence-corrected chi connectivity index (χ0v) is 9.53. The number of ether oxygens (including phenoxy) is 1. The van der Waals surface area contributed by atoms with Crippen LogP contribution in [0.4, 0.5) is 4.39 Å². The van der Waals surface area contributed by atoms with E-state index in [1.165, 1.54) is 0 Å². The molecule has 0 aromatic carbocycles. The molecule has 96 valence electrons. The van der Waals surface area contributed by atoms with Gasteiger partial charge in [-0.05, 0) is 19.3 Å². The summed E-state index contributed by atoms with van der Waals surface area (Å²) < 4.78 is 18.7. The smallest absolute Gasteiger partial charge is 0.331 e. The monoisotopic (exact) mass is 246 g/mol. The van der Waals surface area contributed by atoms with E-state index in [9.17, 15) is 19.1 Å². The zero-order chi connectivity index (χ0) is 12.8. The molecule has 0 bridgehead atoms. The Morgan fingerprint density at radius 2 is 2.06 bits per heavy atom. The molecule has 7 heteroatoms. The molecule has 1 heterocycles. The van der Waals surface area contributed by atoms with Gasteiger partial charge < -0.3 is 9.84 Å². The lowest BCUT2D eigenvalue weighted by atomic mass is 10.2. The minimum atomic E-state index is -1.33. The lowest BCUT2D eigenvalue weighted by Gasteiger charge is -2.07. The molecule has 17 heavy (non-hydrogen) atoms. The minimum Gasteiger partial charge on any atom is -0.492 e. The number of H-pyrrole nitrogens is 1. The van der Waals surface area contributed by atoms with Crippen molar-refractivity contribution in [1.29, 1.82) is 0 Å². The standard InChI is InChI=1S/C10H15FN2O4/c1-17-6-4-2-3-5-13-9(15)7(11)8(14)12-10(13)16/h15H,2-6H2,1H3,(H,12,14,16). The number of hydrogen-bond donors (Lipinski definition) is 2. The fourth-order valence-corrected chi connectivity index (χ4v) is 1.44. The molecule has 0 saturated carbocycles. The van der Waals surface area contributed by atoms with Crippen LogP contribution in [0.2, 0.25) is 0 Å². The Morgan fingerprint density at radius 1 is 1.35 bits per heavy atom. The summed E-state index contributed by atoms with van der Waals surface area (Å²) in [6.45, 7) is 0.767. The highest BCUT2D eigenvalue weighted by Gasteiger charge is 2.12. The number of hydrogen-bond acceptors (Lipinski definition) is 4. The van der Waals surface area contributed by atoms with Crippen LogP contribution < -0.4 is 11.2 Å². The minimum absolute atomic E-state index is 0.155. The van der Waals surface area contributed by atoms with Gasteiger partial charge in [0.05, 0.1) is 0 Å². The van der Waals surface area contributed by atoms with Gasteiger partial charge in [-0.15, -0.1) is 0 Å². The number of nitrogens with one attached hydrogen (secondary N) is 1. The molecule has 0 aliphatic carbocycles. The number of unbranched alkanes of at least 4 members (excludes halogenated alkanes) is 2. The lowest BCUT2D eigenvalue weighted by Crippen LogP contribution is -2.31. The van der Waals surface area contributed by atoms with E-state index in [0.717, 1.165) is 17.4 Å². The molecule has 0 aliphatic heterocycles. The quantitative estimate of drug-likeness (QED) is 0.702. The van der Waals surface area contributed by atoms with E-state index in [0.29, 0.717) is 13.0 Å². The van der Waals surface area contributed by atoms with Gasteiger partial charge in [-0.25, -0.2) is 4.79 Å². The fraction of sp³-hybridized carbons (Fsp3) is 0.600. The first-order chi connectivity index (χ1) is 8.07. The van der Waals surface area contributed by atoms with E-state index in [1.54, 1.807) is 12.1 Å². The van der Waals surface area contributed by atoms with Crippen LogP contribution in [-0.2, 0) is 11.3 Å². The Balaban J connectivity index is 2.69. The summed E-state index contributed by atoms with van der Waals surface area (Å²) in [6, 6.07) is 0. The highest BCUT2D eigenvalue weighted by molar-refractivity contribution is 5.09. The summed E-state index contributed by atoms with van der Waals surface area (Å²) in [7, 11) is 1.59. The van der Waals surface area contributed by atoms with Crippen molar-refractivity contribution >= 4 is 0 Å². The molecule has 6 nitrogen and oxygen atoms in total. The summed E-state index contributed by atoms with van der Waals surface area (Å²) in [6.07, 6.45) is 2.18. The SMILES string of the molecule is COCCCCCn1c(O)c(F)c(=O)[nH]c1=O. The van der Waals surface area contributed by atoms with Gasteiger partial charge in [-0.3, -0.25) is 14.3 Å². The average molecular weight is 246 g/mol. The van der Waals surface area contributed by atoms with Gasteiger partial charge in [-0.2, -0.15) is 4.39 Å². The lowest BCUT2D eigenvalue weighted by molar-refractivity contribution is 0.191. The first-order valence-corrected chi connectivity index (χ1v) is 5.28. The number of halogens is 1. The van der Waals surface area contributed by atoms with Gasteiger partial charge in [0.15, 0.2) is 0 Å². The average Bonchev–Trinajstić information content (AvgIpc) is 2.30. The number of rotatable bonds is 6. The Labute approximate surface area is 96.7 Å². The van der Waals surface area contributed by atoms with Crippen LogP contribution >= 0.6 is 0 Å². The van der Waals surface area contributed by atoms with Gasteiger partial charge in [0, 0.05) is 20.3 Å². The van der Waals surface area contributed by atoms with E-state index in [2.05, 4.69) is 0 Å². The third-order valence-electron chi connectivity index (χ3n) is 2.35.